The van der Waals surface area contributed by atoms with Crippen molar-refractivity contribution in [3.63, 3.8) is 0 Å². The standard InChI is InChI=1S/C48H32N2O/c49-45(35-20-18-33(19-21-35)32-10-2-1-3-11-32)30-46(36-22-24-37(25-23-36)48-29-39-14-6-9-17-47(39)51-48)50-31-44-41-16-8-5-13-38(41)28-43-40-15-7-4-12-34(40)26-27-42(43)44/h1-31,49H/b46-30-,49-45?,50-31?. The van der Waals surface area contributed by atoms with Crippen LogP contribution >= 0.6 is 0 Å². The summed E-state index contributed by atoms with van der Waals surface area (Å²) in [6.07, 6.45) is 3.84. The van der Waals surface area contributed by atoms with Crippen LogP contribution in [0.4, 0.5) is 0 Å². The van der Waals surface area contributed by atoms with Crippen molar-refractivity contribution in [2.24, 2.45) is 4.99 Å². The van der Waals surface area contributed by atoms with E-state index in [1.807, 2.05) is 60.8 Å². The summed E-state index contributed by atoms with van der Waals surface area (Å²) < 4.78 is 6.16. The van der Waals surface area contributed by atoms with Crippen LogP contribution in [0.25, 0.3) is 71.4 Å². The molecular weight excluding hydrogens is 621 g/mol. The summed E-state index contributed by atoms with van der Waals surface area (Å²) in [5, 5.41) is 17.3. The summed E-state index contributed by atoms with van der Waals surface area (Å²) >= 11 is 0. The van der Waals surface area contributed by atoms with Gasteiger partial charge >= 0.3 is 0 Å². The second-order valence-corrected chi connectivity index (χ2v) is 12.8. The number of aliphatic imine (C=N–C) groups is 1. The minimum atomic E-state index is 0.386. The molecule has 0 aliphatic carbocycles. The average molecular weight is 653 g/mol. The van der Waals surface area contributed by atoms with Gasteiger partial charge in [-0.2, -0.15) is 0 Å². The van der Waals surface area contributed by atoms with E-state index < -0.39 is 0 Å². The number of fused-ring (bicyclic) bond motifs is 5. The van der Waals surface area contributed by atoms with Crippen molar-refractivity contribution >= 4 is 60.9 Å². The number of para-hydroxylation sites is 1. The molecule has 0 fully saturated rings. The highest BCUT2D eigenvalue weighted by molar-refractivity contribution is 6.20. The Labute approximate surface area is 296 Å². The molecule has 0 aliphatic rings. The first kappa shape index (κ1) is 30.2. The van der Waals surface area contributed by atoms with Gasteiger partial charge in [0.1, 0.15) is 11.3 Å². The van der Waals surface area contributed by atoms with Crippen molar-refractivity contribution in [2.75, 3.05) is 0 Å². The van der Waals surface area contributed by atoms with Gasteiger partial charge in [0.2, 0.25) is 0 Å². The summed E-state index contributed by atoms with van der Waals surface area (Å²) in [5.41, 5.74) is 7.98. The van der Waals surface area contributed by atoms with Crippen LogP contribution in [-0.4, -0.2) is 11.9 Å². The van der Waals surface area contributed by atoms with Crippen LogP contribution in [0.2, 0.25) is 0 Å². The predicted molar refractivity (Wildman–Crippen MR) is 215 cm³/mol. The molecule has 1 heterocycles. The molecule has 0 aliphatic heterocycles. The van der Waals surface area contributed by atoms with Crippen LogP contribution in [0.5, 0.6) is 0 Å². The molecule has 0 amide bonds. The average Bonchev–Trinajstić information content (AvgIpc) is 3.64. The Balaban J connectivity index is 1.15. The fourth-order valence-corrected chi connectivity index (χ4v) is 6.95. The van der Waals surface area contributed by atoms with Gasteiger partial charge in [0.25, 0.3) is 0 Å². The summed E-state index contributed by atoms with van der Waals surface area (Å²) in [6, 6.07) is 60.5. The second kappa shape index (κ2) is 12.9. The van der Waals surface area contributed by atoms with E-state index in [1.54, 1.807) is 0 Å². The van der Waals surface area contributed by atoms with Crippen LogP contribution < -0.4 is 0 Å². The van der Waals surface area contributed by atoms with Crippen LogP contribution in [0.1, 0.15) is 16.7 Å². The summed E-state index contributed by atoms with van der Waals surface area (Å²) in [7, 11) is 0. The van der Waals surface area contributed by atoms with Gasteiger partial charge in [0, 0.05) is 28.3 Å². The molecule has 9 aromatic rings. The number of allylic oxidation sites excluding steroid dienone is 1. The lowest BCUT2D eigenvalue weighted by atomic mass is 9.94. The Morgan fingerprint density at radius 2 is 1.10 bits per heavy atom. The van der Waals surface area contributed by atoms with Crippen LogP contribution in [0.3, 0.4) is 0 Å². The fourth-order valence-electron chi connectivity index (χ4n) is 6.95. The Bertz CT molecular complexity index is 2750. The zero-order valence-electron chi connectivity index (χ0n) is 27.8. The molecule has 0 radical (unpaired) electrons. The first-order chi connectivity index (χ1) is 25.2. The summed E-state index contributed by atoms with van der Waals surface area (Å²) in [6.45, 7) is 0. The lowest BCUT2D eigenvalue weighted by Crippen LogP contribution is -1.97. The number of rotatable bonds is 7. The van der Waals surface area contributed by atoms with Crippen LogP contribution in [0, 0.1) is 5.41 Å². The monoisotopic (exact) mass is 652 g/mol. The second-order valence-electron chi connectivity index (χ2n) is 12.8. The third-order valence-corrected chi connectivity index (χ3v) is 9.62. The minimum Gasteiger partial charge on any atom is -0.456 e. The van der Waals surface area contributed by atoms with E-state index in [-0.39, 0.29) is 0 Å². The number of hydrogen-bond acceptors (Lipinski definition) is 3. The van der Waals surface area contributed by atoms with E-state index in [0.29, 0.717) is 11.4 Å². The van der Waals surface area contributed by atoms with Crippen LogP contribution in [0.15, 0.2) is 191 Å². The van der Waals surface area contributed by atoms with Gasteiger partial charge in [-0.25, -0.2) is 0 Å². The molecule has 0 spiro atoms. The molecule has 0 atom stereocenters. The lowest BCUT2D eigenvalue weighted by molar-refractivity contribution is 0.631. The van der Waals surface area contributed by atoms with E-state index in [4.69, 9.17) is 9.41 Å². The normalized spacial score (nSPS) is 12.0. The topological polar surface area (TPSA) is 49.4 Å². The van der Waals surface area contributed by atoms with Crippen molar-refractivity contribution in [3.8, 4) is 22.5 Å². The third kappa shape index (κ3) is 5.81. The number of furan rings is 1. The fraction of sp³-hybridized carbons (Fsp3) is 0. The zero-order valence-corrected chi connectivity index (χ0v) is 27.8. The van der Waals surface area contributed by atoms with Gasteiger partial charge in [0.05, 0.1) is 11.4 Å². The number of benzene rings is 8. The molecule has 3 nitrogen and oxygen atoms in total. The predicted octanol–water partition coefficient (Wildman–Crippen LogP) is 12.8. The van der Waals surface area contributed by atoms with Gasteiger partial charge < -0.3 is 9.83 Å². The molecule has 240 valence electrons. The molecule has 3 heteroatoms. The molecule has 51 heavy (non-hydrogen) atoms. The quantitative estimate of drug-likeness (QED) is 0.104. The molecule has 8 aromatic carbocycles. The van der Waals surface area contributed by atoms with Crippen molar-refractivity contribution < 1.29 is 4.42 Å². The maximum Gasteiger partial charge on any atom is 0.135 e. The van der Waals surface area contributed by atoms with E-state index >= 15 is 0 Å². The van der Waals surface area contributed by atoms with Gasteiger partial charge in [0.15, 0.2) is 0 Å². The van der Waals surface area contributed by atoms with Crippen LogP contribution in [-0.2, 0) is 0 Å². The zero-order chi connectivity index (χ0) is 34.1. The van der Waals surface area contributed by atoms with Crippen molar-refractivity contribution in [1.82, 2.24) is 0 Å². The number of nitrogens with one attached hydrogen (secondary N) is 1. The summed E-state index contributed by atoms with van der Waals surface area (Å²) in [4.78, 5) is 5.18. The molecule has 0 bridgehead atoms. The Hall–Kier alpha value is -6.84. The molecule has 0 saturated heterocycles. The molecule has 1 aromatic heterocycles. The van der Waals surface area contributed by atoms with Crippen molar-refractivity contribution in [1.29, 1.82) is 5.41 Å². The van der Waals surface area contributed by atoms with Gasteiger partial charge in [-0.1, -0.05) is 158 Å². The highest BCUT2D eigenvalue weighted by Crippen LogP contribution is 2.34. The SMILES string of the molecule is N=C(/C=C(\N=Cc1c2ccccc2cc2c1ccc1ccccc12)c1ccc(-c2cc3ccccc3o2)cc1)c1ccc(-c2ccccc2)cc1. The maximum absolute atomic E-state index is 9.19. The molecular formula is C48H32N2O. The molecule has 0 saturated carbocycles. The van der Waals surface area contributed by atoms with E-state index in [0.717, 1.165) is 66.3 Å². The smallest absolute Gasteiger partial charge is 0.135 e. The lowest BCUT2D eigenvalue weighted by Gasteiger charge is -2.11. The number of hydrogen-bond donors (Lipinski definition) is 1. The first-order valence-electron chi connectivity index (χ1n) is 17.1. The Kier molecular flexibility index (Phi) is 7.64. The number of nitrogens with zero attached hydrogens (tertiary/aromatic N) is 1. The van der Waals surface area contributed by atoms with Gasteiger partial charge in [-0.3, -0.25) is 4.99 Å². The Morgan fingerprint density at radius 1 is 0.471 bits per heavy atom. The van der Waals surface area contributed by atoms with Crippen molar-refractivity contribution in [3.05, 3.63) is 199 Å². The molecule has 9 rings (SSSR count). The highest BCUT2D eigenvalue weighted by Gasteiger charge is 2.12. The minimum absolute atomic E-state index is 0.386. The van der Waals surface area contributed by atoms with E-state index in [9.17, 15) is 5.41 Å². The molecule has 0 unspecified atom stereocenters. The Morgan fingerprint density at radius 3 is 1.88 bits per heavy atom. The third-order valence-electron chi connectivity index (χ3n) is 9.62. The van der Waals surface area contributed by atoms with E-state index in [2.05, 4.69) is 127 Å². The first-order valence-corrected chi connectivity index (χ1v) is 17.1. The summed E-state index contributed by atoms with van der Waals surface area (Å²) in [5.74, 6) is 0.817. The van der Waals surface area contributed by atoms with E-state index in [1.165, 1.54) is 16.2 Å². The van der Waals surface area contributed by atoms with Gasteiger partial charge in [-0.15, -0.1) is 0 Å². The molecule has 1 N–H and O–H groups in total. The highest BCUT2D eigenvalue weighted by atomic mass is 16.3. The van der Waals surface area contributed by atoms with Gasteiger partial charge in [-0.05, 0) is 73.3 Å². The van der Waals surface area contributed by atoms with Crippen molar-refractivity contribution in [2.45, 2.75) is 0 Å². The largest absolute Gasteiger partial charge is 0.456 e. The maximum atomic E-state index is 9.19.